The number of para-hydroxylation sites is 2. The molecule has 0 atom stereocenters. The highest BCUT2D eigenvalue weighted by Crippen LogP contribution is 2.20. The summed E-state index contributed by atoms with van der Waals surface area (Å²) in [6.45, 7) is 0. The molecule has 0 bridgehead atoms. The zero-order valence-electron chi connectivity index (χ0n) is 12.5. The van der Waals surface area contributed by atoms with Crippen molar-refractivity contribution >= 4 is 28.6 Å². The third-order valence-corrected chi connectivity index (χ3v) is 4.31. The lowest BCUT2D eigenvalue weighted by molar-refractivity contribution is -0.118. The molecule has 5 nitrogen and oxygen atoms in total. The molecule has 0 saturated heterocycles. The first kappa shape index (κ1) is 15.3. The lowest BCUT2D eigenvalue weighted by Crippen LogP contribution is -2.24. The van der Waals surface area contributed by atoms with Crippen LogP contribution in [0.15, 0.2) is 64.5 Å². The van der Waals surface area contributed by atoms with Gasteiger partial charge in [0.2, 0.25) is 5.91 Å². The lowest BCUT2D eigenvalue weighted by Gasteiger charge is -2.12. The SMILES string of the molecule is CNC(=O)CSc1nc2ccccc2c(=O)n1-c1ccccc1. The molecule has 1 heterocycles. The molecule has 23 heavy (non-hydrogen) atoms. The molecule has 0 spiro atoms. The number of hydrogen-bond acceptors (Lipinski definition) is 4. The third kappa shape index (κ3) is 3.12. The van der Waals surface area contributed by atoms with Crippen LogP contribution in [0, 0.1) is 0 Å². The topological polar surface area (TPSA) is 64.0 Å². The maximum atomic E-state index is 12.9. The van der Waals surface area contributed by atoms with E-state index in [0.29, 0.717) is 16.1 Å². The number of rotatable bonds is 4. The van der Waals surface area contributed by atoms with Crippen molar-refractivity contribution in [1.82, 2.24) is 14.9 Å². The van der Waals surface area contributed by atoms with Crippen molar-refractivity contribution in [3.05, 3.63) is 65.0 Å². The Morgan fingerprint density at radius 2 is 1.83 bits per heavy atom. The van der Waals surface area contributed by atoms with Crippen LogP contribution in [0.1, 0.15) is 0 Å². The van der Waals surface area contributed by atoms with E-state index in [1.54, 1.807) is 23.7 Å². The molecule has 0 aliphatic rings. The Labute approximate surface area is 137 Å². The van der Waals surface area contributed by atoms with E-state index in [1.165, 1.54) is 11.8 Å². The van der Waals surface area contributed by atoms with E-state index in [2.05, 4.69) is 10.3 Å². The Morgan fingerprint density at radius 1 is 1.13 bits per heavy atom. The number of benzene rings is 2. The normalized spacial score (nSPS) is 10.7. The van der Waals surface area contributed by atoms with Crippen LogP contribution in [0.3, 0.4) is 0 Å². The number of fused-ring (bicyclic) bond motifs is 1. The summed E-state index contributed by atoms with van der Waals surface area (Å²) in [7, 11) is 1.58. The van der Waals surface area contributed by atoms with E-state index < -0.39 is 0 Å². The molecule has 1 aromatic heterocycles. The van der Waals surface area contributed by atoms with Gasteiger partial charge in [0.05, 0.1) is 22.3 Å². The molecule has 0 aliphatic carbocycles. The number of nitrogens with one attached hydrogen (secondary N) is 1. The van der Waals surface area contributed by atoms with E-state index in [9.17, 15) is 9.59 Å². The summed E-state index contributed by atoms with van der Waals surface area (Å²) in [5.41, 5.74) is 1.22. The molecular formula is C17H15N3O2S. The van der Waals surface area contributed by atoms with Gasteiger partial charge < -0.3 is 5.32 Å². The van der Waals surface area contributed by atoms with Gasteiger partial charge in [-0.15, -0.1) is 0 Å². The van der Waals surface area contributed by atoms with Crippen molar-refractivity contribution in [1.29, 1.82) is 0 Å². The first-order valence-electron chi connectivity index (χ1n) is 7.11. The largest absolute Gasteiger partial charge is 0.358 e. The van der Waals surface area contributed by atoms with Crippen LogP contribution in [0.5, 0.6) is 0 Å². The average molecular weight is 325 g/mol. The fourth-order valence-corrected chi connectivity index (χ4v) is 3.10. The average Bonchev–Trinajstić information content (AvgIpc) is 2.60. The van der Waals surface area contributed by atoms with Gasteiger partial charge in [-0.1, -0.05) is 42.1 Å². The molecule has 0 saturated carbocycles. The summed E-state index contributed by atoms with van der Waals surface area (Å²) in [5, 5.41) is 3.63. The van der Waals surface area contributed by atoms with Crippen LogP contribution in [0.4, 0.5) is 0 Å². The zero-order valence-corrected chi connectivity index (χ0v) is 13.3. The number of carbonyl (C=O) groups excluding carboxylic acids is 1. The van der Waals surface area contributed by atoms with Gasteiger partial charge in [0, 0.05) is 7.05 Å². The summed E-state index contributed by atoms with van der Waals surface area (Å²) in [4.78, 5) is 29.0. The summed E-state index contributed by atoms with van der Waals surface area (Å²) in [5.74, 6) is 0.0886. The lowest BCUT2D eigenvalue weighted by atomic mass is 10.2. The summed E-state index contributed by atoms with van der Waals surface area (Å²) in [6.07, 6.45) is 0. The van der Waals surface area contributed by atoms with E-state index in [-0.39, 0.29) is 17.2 Å². The first-order chi connectivity index (χ1) is 11.2. The molecule has 3 aromatic rings. The van der Waals surface area contributed by atoms with Crippen LogP contribution in [0.25, 0.3) is 16.6 Å². The van der Waals surface area contributed by atoms with E-state index in [1.807, 2.05) is 42.5 Å². The van der Waals surface area contributed by atoms with Gasteiger partial charge in [0.1, 0.15) is 0 Å². The second-order valence-electron chi connectivity index (χ2n) is 4.85. The molecule has 0 fully saturated rings. The highest BCUT2D eigenvalue weighted by molar-refractivity contribution is 7.99. The van der Waals surface area contributed by atoms with Gasteiger partial charge in [-0.05, 0) is 24.3 Å². The van der Waals surface area contributed by atoms with Gasteiger partial charge in [-0.3, -0.25) is 14.2 Å². The first-order valence-corrected chi connectivity index (χ1v) is 8.10. The van der Waals surface area contributed by atoms with Crippen LogP contribution in [0.2, 0.25) is 0 Å². The quantitative estimate of drug-likeness (QED) is 0.590. The number of thioether (sulfide) groups is 1. The molecule has 0 radical (unpaired) electrons. The van der Waals surface area contributed by atoms with Crippen LogP contribution < -0.4 is 10.9 Å². The van der Waals surface area contributed by atoms with Gasteiger partial charge in [-0.2, -0.15) is 0 Å². The van der Waals surface area contributed by atoms with Crippen molar-refractivity contribution in [3.63, 3.8) is 0 Å². The molecule has 1 amide bonds. The Morgan fingerprint density at radius 3 is 2.57 bits per heavy atom. The fourth-order valence-electron chi connectivity index (χ4n) is 2.22. The molecular weight excluding hydrogens is 310 g/mol. The summed E-state index contributed by atoms with van der Waals surface area (Å²) >= 11 is 1.24. The standard InChI is InChI=1S/C17H15N3O2S/c1-18-15(21)11-23-17-19-14-10-6-5-9-13(14)16(22)20(17)12-7-3-2-4-8-12/h2-10H,11H2,1H3,(H,18,21). The smallest absolute Gasteiger partial charge is 0.266 e. The second-order valence-corrected chi connectivity index (χ2v) is 5.79. The molecule has 1 N–H and O–H groups in total. The van der Waals surface area contributed by atoms with Crippen molar-refractivity contribution < 1.29 is 4.79 Å². The van der Waals surface area contributed by atoms with Crippen LogP contribution in [-0.2, 0) is 4.79 Å². The van der Waals surface area contributed by atoms with Crippen molar-refractivity contribution in [3.8, 4) is 5.69 Å². The number of hydrogen-bond donors (Lipinski definition) is 1. The van der Waals surface area contributed by atoms with E-state index in [0.717, 1.165) is 5.69 Å². The number of aromatic nitrogens is 2. The maximum absolute atomic E-state index is 12.9. The van der Waals surface area contributed by atoms with E-state index >= 15 is 0 Å². The Balaban J connectivity index is 2.19. The maximum Gasteiger partial charge on any atom is 0.266 e. The molecule has 0 unspecified atom stereocenters. The van der Waals surface area contributed by atoms with Crippen LogP contribution >= 0.6 is 11.8 Å². The highest BCUT2D eigenvalue weighted by atomic mass is 32.2. The number of amides is 1. The molecule has 6 heteroatoms. The predicted molar refractivity (Wildman–Crippen MR) is 92.1 cm³/mol. The van der Waals surface area contributed by atoms with Crippen molar-refractivity contribution in [2.24, 2.45) is 0 Å². The van der Waals surface area contributed by atoms with Crippen molar-refractivity contribution in [2.75, 3.05) is 12.8 Å². The molecule has 0 aliphatic heterocycles. The van der Waals surface area contributed by atoms with Gasteiger partial charge >= 0.3 is 0 Å². The van der Waals surface area contributed by atoms with Crippen molar-refractivity contribution in [2.45, 2.75) is 5.16 Å². The zero-order chi connectivity index (χ0) is 16.2. The Bertz CT molecular complexity index is 907. The highest BCUT2D eigenvalue weighted by Gasteiger charge is 2.14. The third-order valence-electron chi connectivity index (χ3n) is 3.37. The predicted octanol–water partition coefficient (Wildman–Crippen LogP) is 2.22. The minimum atomic E-state index is -0.138. The van der Waals surface area contributed by atoms with Gasteiger partial charge in [0.25, 0.3) is 5.56 Å². The number of carbonyl (C=O) groups is 1. The Hall–Kier alpha value is -2.60. The molecule has 3 rings (SSSR count). The summed E-state index contributed by atoms with van der Waals surface area (Å²) in [6, 6.07) is 16.5. The summed E-state index contributed by atoms with van der Waals surface area (Å²) < 4.78 is 1.55. The molecule has 116 valence electrons. The fraction of sp³-hybridized carbons (Fsp3) is 0.118. The monoisotopic (exact) mass is 325 g/mol. The van der Waals surface area contributed by atoms with Gasteiger partial charge in [0.15, 0.2) is 5.16 Å². The Kier molecular flexibility index (Phi) is 4.43. The van der Waals surface area contributed by atoms with E-state index in [4.69, 9.17) is 0 Å². The van der Waals surface area contributed by atoms with Gasteiger partial charge in [-0.25, -0.2) is 4.98 Å². The second kappa shape index (κ2) is 6.66. The molecule has 2 aromatic carbocycles. The van der Waals surface area contributed by atoms with Crippen LogP contribution in [-0.4, -0.2) is 28.3 Å². The minimum Gasteiger partial charge on any atom is -0.358 e. The number of nitrogens with zero attached hydrogens (tertiary/aromatic N) is 2. The minimum absolute atomic E-state index is 0.114.